The predicted molar refractivity (Wildman–Crippen MR) is 74.8 cm³/mol. The van der Waals surface area contributed by atoms with Gasteiger partial charge < -0.3 is 5.32 Å². The lowest BCUT2D eigenvalue weighted by Gasteiger charge is -2.39. The minimum Gasteiger partial charge on any atom is -0.304 e. The molecule has 1 N–H and O–H groups in total. The van der Waals surface area contributed by atoms with E-state index in [0.29, 0.717) is 5.88 Å². The highest BCUT2D eigenvalue weighted by Crippen LogP contribution is 2.33. The molecule has 17 heavy (non-hydrogen) atoms. The quantitative estimate of drug-likeness (QED) is 0.845. The van der Waals surface area contributed by atoms with Gasteiger partial charge >= 0.3 is 0 Å². The summed E-state index contributed by atoms with van der Waals surface area (Å²) in [5.74, 6) is 1.49. The van der Waals surface area contributed by atoms with E-state index in [4.69, 9.17) is 11.6 Å². The van der Waals surface area contributed by atoms with Crippen LogP contribution in [-0.4, -0.2) is 16.4 Å². The molecule has 96 valence electrons. The van der Waals surface area contributed by atoms with Gasteiger partial charge in [0.05, 0.1) is 10.7 Å². The number of aryl methyl sites for hydroxylation is 1. The van der Waals surface area contributed by atoms with Crippen LogP contribution >= 0.6 is 22.9 Å². The highest BCUT2D eigenvalue weighted by atomic mass is 35.5. The maximum Gasteiger partial charge on any atom is 0.0897 e. The fraction of sp³-hybridized carbons (Fsp3) is 0.769. The molecule has 1 aromatic rings. The van der Waals surface area contributed by atoms with Crippen molar-refractivity contribution in [2.75, 3.05) is 5.88 Å². The number of rotatable bonds is 4. The molecule has 4 heteroatoms. The first-order valence-corrected chi connectivity index (χ1v) is 7.77. The van der Waals surface area contributed by atoms with E-state index in [0.717, 1.165) is 23.2 Å². The third-order valence-corrected chi connectivity index (χ3v) is 4.99. The Labute approximate surface area is 113 Å². The average Bonchev–Trinajstić information content (AvgIpc) is 2.73. The van der Waals surface area contributed by atoms with Crippen molar-refractivity contribution in [3.8, 4) is 0 Å². The monoisotopic (exact) mass is 272 g/mol. The van der Waals surface area contributed by atoms with E-state index < -0.39 is 0 Å². The van der Waals surface area contributed by atoms with Crippen molar-refractivity contribution in [3.63, 3.8) is 0 Å². The van der Waals surface area contributed by atoms with E-state index in [-0.39, 0.29) is 5.54 Å². The number of hydrogen-bond acceptors (Lipinski definition) is 3. The molecule has 2 atom stereocenters. The molecule has 1 aromatic heterocycles. The predicted octanol–water partition coefficient (Wildman–Crippen LogP) is 3.73. The standard InChI is InChI=1S/C13H21ClN2S/c1-10-4-3-5-13(6-10,9-14)15-7-12-8-17-11(2)16-12/h8,10,15H,3-7,9H2,1-2H3. The zero-order valence-corrected chi connectivity index (χ0v) is 12.2. The molecule has 2 rings (SSSR count). The summed E-state index contributed by atoms with van der Waals surface area (Å²) in [5, 5.41) is 6.93. The van der Waals surface area contributed by atoms with Crippen LogP contribution in [0, 0.1) is 12.8 Å². The Kier molecular flexibility index (Phi) is 4.45. The van der Waals surface area contributed by atoms with Crippen LogP contribution in [0.2, 0.25) is 0 Å². The zero-order chi connectivity index (χ0) is 12.3. The normalized spacial score (nSPS) is 29.5. The highest BCUT2D eigenvalue weighted by Gasteiger charge is 2.33. The van der Waals surface area contributed by atoms with Crippen molar-refractivity contribution in [1.82, 2.24) is 10.3 Å². The Morgan fingerprint density at radius 3 is 3.06 bits per heavy atom. The first kappa shape index (κ1) is 13.3. The Balaban J connectivity index is 1.94. The molecule has 0 bridgehead atoms. The van der Waals surface area contributed by atoms with Crippen molar-refractivity contribution >= 4 is 22.9 Å². The summed E-state index contributed by atoms with van der Waals surface area (Å²) in [4.78, 5) is 4.49. The van der Waals surface area contributed by atoms with Crippen LogP contribution in [-0.2, 0) is 6.54 Å². The van der Waals surface area contributed by atoms with Gasteiger partial charge in [-0.3, -0.25) is 0 Å². The summed E-state index contributed by atoms with van der Waals surface area (Å²) < 4.78 is 0. The third kappa shape index (κ3) is 3.43. The fourth-order valence-corrected chi connectivity index (χ4v) is 3.71. The Morgan fingerprint density at radius 2 is 2.47 bits per heavy atom. The number of nitrogens with zero attached hydrogens (tertiary/aromatic N) is 1. The molecular formula is C13H21ClN2S. The molecule has 2 unspecified atom stereocenters. The van der Waals surface area contributed by atoms with Crippen molar-refractivity contribution in [2.45, 2.75) is 51.6 Å². The summed E-state index contributed by atoms with van der Waals surface area (Å²) in [6, 6.07) is 0. The summed E-state index contributed by atoms with van der Waals surface area (Å²) >= 11 is 7.91. The van der Waals surface area contributed by atoms with Crippen LogP contribution in [0.1, 0.15) is 43.3 Å². The molecule has 1 saturated carbocycles. The van der Waals surface area contributed by atoms with Gasteiger partial charge in [-0.2, -0.15) is 0 Å². The maximum atomic E-state index is 6.19. The second-order valence-electron chi connectivity index (χ2n) is 5.33. The largest absolute Gasteiger partial charge is 0.304 e. The third-order valence-electron chi connectivity index (χ3n) is 3.66. The number of aromatic nitrogens is 1. The second-order valence-corrected chi connectivity index (χ2v) is 6.66. The van der Waals surface area contributed by atoms with E-state index in [2.05, 4.69) is 22.6 Å². The van der Waals surface area contributed by atoms with Crippen LogP contribution in [0.4, 0.5) is 0 Å². The lowest BCUT2D eigenvalue weighted by molar-refractivity contribution is 0.207. The first-order valence-electron chi connectivity index (χ1n) is 6.35. The molecule has 1 fully saturated rings. The van der Waals surface area contributed by atoms with E-state index in [1.54, 1.807) is 11.3 Å². The number of nitrogens with one attached hydrogen (secondary N) is 1. The Morgan fingerprint density at radius 1 is 1.65 bits per heavy atom. The van der Waals surface area contributed by atoms with Crippen LogP contribution in [0.25, 0.3) is 0 Å². The van der Waals surface area contributed by atoms with Gasteiger partial charge in [0.2, 0.25) is 0 Å². The molecule has 0 saturated heterocycles. The minimum absolute atomic E-state index is 0.136. The van der Waals surface area contributed by atoms with Crippen molar-refractivity contribution < 1.29 is 0 Å². The maximum absolute atomic E-state index is 6.19. The first-order chi connectivity index (χ1) is 8.13. The number of hydrogen-bond donors (Lipinski definition) is 1. The summed E-state index contributed by atoms with van der Waals surface area (Å²) in [7, 11) is 0. The van der Waals surface area contributed by atoms with Crippen LogP contribution in [0.3, 0.4) is 0 Å². The number of halogens is 1. The zero-order valence-electron chi connectivity index (χ0n) is 10.6. The topological polar surface area (TPSA) is 24.9 Å². The van der Waals surface area contributed by atoms with Crippen molar-refractivity contribution in [2.24, 2.45) is 5.92 Å². The fourth-order valence-electron chi connectivity index (χ4n) is 2.76. The SMILES string of the molecule is Cc1nc(CNC2(CCl)CCCC(C)C2)cs1. The van der Waals surface area contributed by atoms with Gasteiger partial charge in [-0.05, 0) is 25.7 Å². The molecule has 0 amide bonds. The van der Waals surface area contributed by atoms with Gasteiger partial charge in [0.1, 0.15) is 0 Å². The van der Waals surface area contributed by atoms with E-state index in [9.17, 15) is 0 Å². The van der Waals surface area contributed by atoms with Crippen LogP contribution < -0.4 is 5.32 Å². The molecule has 0 aliphatic heterocycles. The molecule has 1 heterocycles. The summed E-state index contributed by atoms with van der Waals surface area (Å²) in [6.45, 7) is 5.23. The minimum atomic E-state index is 0.136. The van der Waals surface area contributed by atoms with Gasteiger partial charge in [0.25, 0.3) is 0 Å². The van der Waals surface area contributed by atoms with Gasteiger partial charge in [0, 0.05) is 23.3 Å². The molecule has 0 aromatic carbocycles. The van der Waals surface area contributed by atoms with E-state index >= 15 is 0 Å². The Hall–Kier alpha value is -0.120. The van der Waals surface area contributed by atoms with Gasteiger partial charge in [-0.15, -0.1) is 22.9 Å². The van der Waals surface area contributed by atoms with Crippen LogP contribution in [0.15, 0.2) is 5.38 Å². The van der Waals surface area contributed by atoms with E-state index in [1.165, 1.54) is 25.7 Å². The number of alkyl halides is 1. The highest BCUT2D eigenvalue weighted by molar-refractivity contribution is 7.09. The second kappa shape index (κ2) is 5.68. The summed E-state index contributed by atoms with van der Waals surface area (Å²) in [6.07, 6.45) is 5.02. The average molecular weight is 273 g/mol. The van der Waals surface area contributed by atoms with Gasteiger partial charge in [-0.1, -0.05) is 19.8 Å². The summed E-state index contributed by atoms with van der Waals surface area (Å²) in [5.41, 5.74) is 1.28. The lowest BCUT2D eigenvalue weighted by atomic mass is 9.77. The van der Waals surface area contributed by atoms with Gasteiger partial charge in [-0.25, -0.2) is 4.98 Å². The molecule has 2 nitrogen and oxygen atoms in total. The Bertz CT molecular complexity index is 366. The van der Waals surface area contributed by atoms with Crippen molar-refractivity contribution in [1.29, 1.82) is 0 Å². The molecule has 0 spiro atoms. The van der Waals surface area contributed by atoms with Gasteiger partial charge in [0.15, 0.2) is 0 Å². The van der Waals surface area contributed by atoms with Crippen molar-refractivity contribution in [3.05, 3.63) is 16.1 Å². The lowest BCUT2D eigenvalue weighted by Crippen LogP contribution is -2.49. The van der Waals surface area contributed by atoms with Crippen LogP contribution in [0.5, 0.6) is 0 Å². The molecule has 1 aliphatic carbocycles. The molecular weight excluding hydrogens is 252 g/mol. The van der Waals surface area contributed by atoms with E-state index in [1.807, 2.05) is 6.92 Å². The molecule has 0 radical (unpaired) electrons. The molecule has 1 aliphatic rings. The smallest absolute Gasteiger partial charge is 0.0897 e. The number of thiazole rings is 1.